The fraction of sp³-hybridized carbons (Fsp3) is 0.455. The van der Waals surface area contributed by atoms with Gasteiger partial charge in [0.25, 0.3) is 11.8 Å². The molecule has 1 N–H and O–H groups in total. The van der Waals surface area contributed by atoms with Crippen LogP contribution < -0.4 is 14.8 Å². The summed E-state index contributed by atoms with van der Waals surface area (Å²) in [5.74, 6) is 0.733. The molecule has 150 valence electrons. The zero-order valence-corrected chi connectivity index (χ0v) is 17.0. The van der Waals surface area contributed by atoms with Gasteiger partial charge in [-0.15, -0.1) is 0 Å². The highest BCUT2D eigenvalue weighted by Gasteiger charge is 2.18. The fourth-order valence-corrected chi connectivity index (χ4v) is 3.69. The minimum Gasteiger partial charge on any atom is -0.488 e. The molecule has 0 saturated heterocycles. The second-order valence-corrected chi connectivity index (χ2v) is 7.56. The molecule has 1 aromatic heterocycles. The van der Waals surface area contributed by atoms with E-state index in [0.29, 0.717) is 35.2 Å². The van der Waals surface area contributed by atoms with Crippen LogP contribution in [0.2, 0.25) is 5.02 Å². The van der Waals surface area contributed by atoms with Crippen molar-refractivity contribution in [3.05, 3.63) is 52.7 Å². The van der Waals surface area contributed by atoms with Gasteiger partial charge in [-0.3, -0.25) is 4.79 Å². The van der Waals surface area contributed by atoms with Crippen LogP contribution in [-0.2, 0) is 6.42 Å². The summed E-state index contributed by atoms with van der Waals surface area (Å²) in [6.07, 6.45) is 9.16. The summed E-state index contributed by atoms with van der Waals surface area (Å²) >= 11 is 6.02. The molecule has 1 fully saturated rings. The van der Waals surface area contributed by atoms with E-state index in [4.69, 9.17) is 21.1 Å². The molecule has 1 saturated carbocycles. The number of methoxy groups -OCH3 is 1. The van der Waals surface area contributed by atoms with Crippen molar-refractivity contribution in [3.8, 4) is 11.6 Å². The number of carbonyl (C=O) groups excluding carboxylic acids is 1. The van der Waals surface area contributed by atoms with Gasteiger partial charge in [-0.25, -0.2) is 4.98 Å². The van der Waals surface area contributed by atoms with Crippen LogP contribution in [0.25, 0.3) is 0 Å². The van der Waals surface area contributed by atoms with E-state index in [1.807, 2.05) is 24.3 Å². The Labute approximate surface area is 171 Å². The first kappa shape index (κ1) is 20.5. The quantitative estimate of drug-likeness (QED) is 0.674. The molecule has 0 radical (unpaired) electrons. The number of rotatable bonds is 7. The van der Waals surface area contributed by atoms with Crippen LogP contribution in [-0.4, -0.2) is 30.6 Å². The van der Waals surface area contributed by atoms with Crippen LogP contribution >= 0.6 is 11.6 Å². The molecule has 2 aromatic rings. The number of aromatic nitrogens is 1. The SMILES string of the molecule is COc1ncc(C(=O)NC2CCCCCC2)cc1OCCc1cccc(Cl)c1. The lowest BCUT2D eigenvalue weighted by Crippen LogP contribution is -2.34. The molecule has 6 heteroatoms. The summed E-state index contributed by atoms with van der Waals surface area (Å²) in [7, 11) is 1.54. The van der Waals surface area contributed by atoms with Crippen molar-refractivity contribution in [2.75, 3.05) is 13.7 Å². The molecule has 0 spiro atoms. The van der Waals surface area contributed by atoms with Crippen molar-refractivity contribution in [2.45, 2.75) is 51.0 Å². The topological polar surface area (TPSA) is 60.5 Å². The lowest BCUT2D eigenvalue weighted by atomic mass is 10.1. The average molecular weight is 403 g/mol. The predicted octanol–water partition coefficient (Wildman–Crippen LogP) is 4.82. The highest BCUT2D eigenvalue weighted by molar-refractivity contribution is 6.30. The van der Waals surface area contributed by atoms with Gasteiger partial charge in [0.15, 0.2) is 5.75 Å². The normalized spacial score (nSPS) is 14.9. The van der Waals surface area contributed by atoms with Gasteiger partial charge < -0.3 is 14.8 Å². The Morgan fingerprint density at radius 3 is 2.71 bits per heavy atom. The average Bonchev–Trinajstić information content (AvgIpc) is 2.96. The van der Waals surface area contributed by atoms with Gasteiger partial charge in [0.1, 0.15) is 0 Å². The summed E-state index contributed by atoms with van der Waals surface area (Å²) in [5.41, 5.74) is 1.57. The number of carbonyl (C=O) groups is 1. The van der Waals surface area contributed by atoms with E-state index in [9.17, 15) is 4.79 Å². The molecule has 0 atom stereocenters. The van der Waals surface area contributed by atoms with E-state index in [-0.39, 0.29) is 11.9 Å². The largest absolute Gasteiger partial charge is 0.488 e. The smallest absolute Gasteiger partial charge is 0.256 e. The Balaban J connectivity index is 1.62. The maximum absolute atomic E-state index is 12.6. The van der Waals surface area contributed by atoms with Crippen LogP contribution in [0.3, 0.4) is 0 Å². The number of halogens is 1. The van der Waals surface area contributed by atoms with Gasteiger partial charge in [0, 0.05) is 29.7 Å². The van der Waals surface area contributed by atoms with Crippen molar-refractivity contribution in [2.24, 2.45) is 0 Å². The molecule has 3 rings (SSSR count). The first-order valence-corrected chi connectivity index (χ1v) is 10.3. The number of pyridine rings is 1. The van der Waals surface area contributed by atoms with Crippen LogP contribution in [0, 0.1) is 0 Å². The van der Waals surface area contributed by atoms with E-state index in [0.717, 1.165) is 18.4 Å². The number of nitrogens with zero attached hydrogens (tertiary/aromatic N) is 1. The fourth-order valence-electron chi connectivity index (χ4n) is 3.48. The highest BCUT2D eigenvalue weighted by Crippen LogP contribution is 2.26. The lowest BCUT2D eigenvalue weighted by Gasteiger charge is -2.17. The van der Waals surface area contributed by atoms with Crippen LogP contribution in [0.1, 0.15) is 54.4 Å². The van der Waals surface area contributed by atoms with Gasteiger partial charge in [-0.05, 0) is 30.5 Å². The first-order valence-electron chi connectivity index (χ1n) is 9.88. The number of benzene rings is 1. The third-order valence-corrected chi connectivity index (χ3v) is 5.24. The molecule has 0 bridgehead atoms. The Kier molecular flexibility index (Phi) is 7.54. The molecule has 5 nitrogen and oxygen atoms in total. The number of hydrogen-bond donors (Lipinski definition) is 1. The molecule has 1 aromatic carbocycles. The Morgan fingerprint density at radius 1 is 1.21 bits per heavy atom. The second kappa shape index (κ2) is 10.3. The van der Waals surface area contributed by atoms with Gasteiger partial charge >= 0.3 is 0 Å². The Hall–Kier alpha value is -2.27. The van der Waals surface area contributed by atoms with Crippen molar-refractivity contribution >= 4 is 17.5 Å². The van der Waals surface area contributed by atoms with Gasteiger partial charge in [-0.2, -0.15) is 0 Å². The maximum atomic E-state index is 12.6. The summed E-state index contributed by atoms with van der Waals surface area (Å²) < 4.78 is 11.1. The number of amides is 1. The number of hydrogen-bond acceptors (Lipinski definition) is 4. The minimum atomic E-state index is -0.109. The highest BCUT2D eigenvalue weighted by atomic mass is 35.5. The molecular formula is C22H27ClN2O3. The van der Waals surface area contributed by atoms with Crippen LogP contribution in [0.5, 0.6) is 11.6 Å². The third kappa shape index (κ3) is 5.86. The first-order chi connectivity index (χ1) is 13.7. The lowest BCUT2D eigenvalue weighted by molar-refractivity contribution is 0.0932. The summed E-state index contributed by atoms with van der Waals surface area (Å²) in [6.45, 7) is 0.437. The summed E-state index contributed by atoms with van der Waals surface area (Å²) in [4.78, 5) is 16.9. The molecule has 0 unspecified atom stereocenters. The van der Waals surface area contributed by atoms with E-state index < -0.39 is 0 Å². The Morgan fingerprint density at radius 2 is 2.00 bits per heavy atom. The zero-order valence-electron chi connectivity index (χ0n) is 16.2. The van der Waals surface area contributed by atoms with Gasteiger partial charge in [0.2, 0.25) is 0 Å². The zero-order chi connectivity index (χ0) is 19.8. The molecule has 1 heterocycles. The van der Waals surface area contributed by atoms with E-state index in [1.54, 1.807) is 6.07 Å². The molecular weight excluding hydrogens is 376 g/mol. The van der Waals surface area contributed by atoms with Crippen molar-refractivity contribution in [1.29, 1.82) is 0 Å². The van der Waals surface area contributed by atoms with Crippen LogP contribution in [0.4, 0.5) is 0 Å². The molecule has 1 aliphatic rings. The monoisotopic (exact) mass is 402 g/mol. The van der Waals surface area contributed by atoms with E-state index >= 15 is 0 Å². The van der Waals surface area contributed by atoms with Crippen molar-refractivity contribution < 1.29 is 14.3 Å². The summed E-state index contributed by atoms with van der Waals surface area (Å²) in [5, 5.41) is 3.84. The van der Waals surface area contributed by atoms with Crippen molar-refractivity contribution in [3.63, 3.8) is 0 Å². The van der Waals surface area contributed by atoms with E-state index in [1.165, 1.54) is 39.0 Å². The van der Waals surface area contributed by atoms with Gasteiger partial charge in [0.05, 0.1) is 19.3 Å². The molecule has 1 amide bonds. The molecule has 0 aliphatic heterocycles. The third-order valence-electron chi connectivity index (χ3n) is 5.00. The standard InChI is InChI=1S/C22H27ClN2O3/c1-27-22-20(28-12-11-16-7-6-8-18(23)13-16)14-17(15-24-22)21(26)25-19-9-4-2-3-5-10-19/h6-8,13-15,19H,2-5,9-12H2,1H3,(H,25,26). The van der Waals surface area contributed by atoms with Crippen LogP contribution in [0.15, 0.2) is 36.5 Å². The molecule has 28 heavy (non-hydrogen) atoms. The molecule has 1 aliphatic carbocycles. The second-order valence-electron chi connectivity index (χ2n) is 7.12. The van der Waals surface area contributed by atoms with Gasteiger partial charge in [-0.1, -0.05) is 49.4 Å². The number of ether oxygens (including phenoxy) is 2. The number of nitrogens with one attached hydrogen (secondary N) is 1. The van der Waals surface area contributed by atoms with Crippen molar-refractivity contribution in [1.82, 2.24) is 10.3 Å². The Bertz CT molecular complexity index is 789. The maximum Gasteiger partial charge on any atom is 0.256 e. The minimum absolute atomic E-state index is 0.109. The predicted molar refractivity (Wildman–Crippen MR) is 110 cm³/mol. The van der Waals surface area contributed by atoms with E-state index in [2.05, 4.69) is 10.3 Å². The summed E-state index contributed by atoms with van der Waals surface area (Å²) in [6, 6.07) is 9.62.